The molecule has 1 aliphatic rings. The van der Waals surface area contributed by atoms with Crippen molar-refractivity contribution >= 4 is 27.9 Å². The maximum Gasteiger partial charge on any atom is 0.340 e. The van der Waals surface area contributed by atoms with Gasteiger partial charge in [-0.2, -0.15) is 8.42 Å². The SMILES string of the molecule is CCNCC(C)(CC)C(=O)ON1C(=O)CC(S(=O)(=O)O)C1=O. The molecule has 2 atom stereocenters. The van der Waals surface area contributed by atoms with Crippen LogP contribution in [0.2, 0.25) is 0 Å². The molecule has 0 aromatic heterocycles. The Labute approximate surface area is 128 Å². The first-order valence-electron chi connectivity index (χ1n) is 6.83. The molecule has 2 N–H and O–H groups in total. The van der Waals surface area contributed by atoms with Crippen LogP contribution in [0.5, 0.6) is 0 Å². The number of nitrogens with zero attached hydrogens (tertiary/aromatic N) is 1. The maximum absolute atomic E-state index is 12.2. The van der Waals surface area contributed by atoms with Crippen LogP contribution in [0, 0.1) is 5.41 Å². The highest BCUT2D eigenvalue weighted by molar-refractivity contribution is 7.87. The van der Waals surface area contributed by atoms with E-state index in [0.717, 1.165) is 0 Å². The molecule has 1 rings (SSSR count). The fourth-order valence-corrected chi connectivity index (χ4v) is 2.55. The van der Waals surface area contributed by atoms with Gasteiger partial charge >= 0.3 is 5.97 Å². The largest absolute Gasteiger partial charge is 0.340 e. The lowest BCUT2D eigenvalue weighted by Crippen LogP contribution is -2.44. The Morgan fingerprint density at radius 3 is 2.45 bits per heavy atom. The van der Waals surface area contributed by atoms with Crippen LogP contribution < -0.4 is 5.32 Å². The summed E-state index contributed by atoms with van der Waals surface area (Å²) in [6.07, 6.45) is -0.363. The molecule has 2 amide bonds. The quantitative estimate of drug-likeness (QED) is 0.469. The van der Waals surface area contributed by atoms with E-state index < -0.39 is 45.0 Å². The van der Waals surface area contributed by atoms with Crippen LogP contribution in [0.15, 0.2) is 0 Å². The fraction of sp³-hybridized carbons (Fsp3) is 0.750. The van der Waals surface area contributed by atoms with Crippen LogP contribution in [0.1, 0.15) is 33.6 Å². The van der Waals surface area contributed by atoms with Gasteiger partial charge in [-0.1, -0.05) is 13.8 Å². The number of carbonyl (C=O) groups excluding carboxylic acids is 3. The van der Waals surface area contributed by atoms with Crippen LogP contribution in [-0.2, 0) is 29.3 Å². The Kier molecular flexibility index (Phi) is 5.65. The second-order valence-electron chi connectivity index (χ2n) is 5.31. The van der Waals surface area contributed by atoms with Crippen LogP contribution >= 0.6 is 0 Å². The lowest BCUT2D eigenvalue weighted by Gasteiger charge is -2.27. The van der Waals surface area contributed by atoms with Gasteiger partial charge in [0.2, 0.25) is 0 Å². The van der Waals surface area contributed by atoms with E-state index in [-0.39, 0.29) is 11.6 Å². The molecule has 1 saturated heterocycles. The third-order valence-corrected chi connectivity index (χ3v) is 4.72. The van der Waals surface area contributed by atoms with Crippen molar-refractivity contribution < 1.29 is 32.2 Å². The molecule has 0 spiro atoms. The summed E-state index contributed by atoms with van der Waals surface area (Å²) in [6, 6.07) is 0. The Hall–Kier alpha value is -1.52. The van der Waals surface area contributed by atoms with E-state index in [2.05, 4.69) is 5.32 Å². The molecule has 0 aliphatic carbocycles. The summed E-state index contributed by atoms with van der Waals surface area (Å²) in [6.45, 7) is 6.09. The van der Waals surface area contributed by atoms with Gasteiger partial charge in [0, 0.05) is 6.54 Å². The normalized spacial score (nSPS) is 21.8. The standard InChI is InChI=1S/C12H20N2O7S/c1-4-12(3,7-13-5-2)11(17)21-14-9(15)6-8(10(14)16)22(18,19)20/h8,13H,4-7H2,1-3H3,(H,18,19,20). The molecule has 0 saturated carbocycles. The smallest absolute Gasteiger partial charge is 0.330 e. The van der Waals surface area contributed by atoms with Crippen molar-refractivity contribution in [1.82, 2.24) is 10.4 Å². The number of hydrogen-bond donors (Lipinski definition) is 2. The number of imide groups is 1. The average Bonchev–Trinajstić information content (AvgIpc) is 2.72. The highest BCUT2D eigenvalue weighted by atomic mass is 32.2. The lowest BCUT2D eigenvalue weighted by molar-refractivity contribution is -0.204. The summed E-state index contributed by atoms with van der Waals surface area (Å²) < 4.78 is 30.9. The summed E-state index contributed by atoms with van der Waals surface area (Å²) in [4.78, 5) is 40.4. The molecule has 0 aromatic rings. The van der Waals surface area contributed by atoms with Crippen molar-refractivity contribution in [2.24, 2.45) is 5.41 Å². The number of rotatable bonds is 7. The molecular weight excluding hydrogens is 316 g/mol. The van der Waals surface area contributed by atoms with Crippen LogP contribution in [-0.4, -0.2) is 54.2 Å². The second kappa shape index (κ2) is 6.71. The Bertz CT molecular complexity index is 574. The second-order valence-corrected chi connectivity index (χ2v) is 6.91. The van der Waals surface area contributed by atoms with Crippen molar-refractivity contribution in [3.63, 3.8) is 0 Å². The van der Waals surface area contributed by atoms with E-state index in [4.69, 9.17) is 9.39 Å². The topological polar surface area (TPSA) is 130 Å². The zero-order valence-corrected chi connectivity index (χ0v) is 13.5. The van der Waals surface area contributed by atoms with E-state index in [1.54, 1.807) is 13.8 Å². The van der Waals surface area contributed by atoms with E-state index >= 15 is 0 Å². The molecule has 9 nitrogen and oxygen atoms in total. The van der Waals surface area contributed by atoms with Crippen molar-refractivity contribution in [2.45, 2.75) is 38.9 Å². The molecule has 1 fully saturated rings. The van der Waals surface area contributed by atoms with Crippen LogP contribution in [0.25, 0.3) is 0 Å². The first kappa shape index (κ1) is 18.5. The van der Waals surface area contributed by atoms with Crippen LogP contribution in [0.3, 0.4) is 0 Å². The molecule has 0 aromatic carbocycles. The van der Waals surface area contributed by atoms with Gasteiger partial charge in [0.15, 0.2) is 5.25 Å². The number of hydroxylamine groups is 2. The number of nitrogens with one attached hydrogen (secondary N) is 1. The van der Waals surface area contributed by atoms with Gasteiger partial charge < -0.3 is 10.2 Å². The number of hydrogen-bond acceptors (Lipinski definition) is 7. The monoisotopic (exact) mass is 336 g/mol. The zero-order chi connectivity index (χ0) is 17.1. The van der Waals surface area contributed by atoms with Crippen LogP contribution in [0.4, 0.5) is 0 Å². The predicted molar refractivity (Wildman–Crippen MR) is 74.8 cm³/mol. The molecule has 0 radical (unpaired) electrons. The zero-order valence-electron chi connectivity index (χ0n) is 12.7. The molecule has 0 bridgehead atoms. The van der Waals surface area contributed by atoms with Crippen molar-refractivity contribution in [1.29, 1.82) is 0 Å². The molecule has 1 heterocycles. The molecular formula is C12H20N2O7S. The first-order chi connectivity index (χ1) is 10.1. The summed E-state index contributed by atoms with van der Waals surface area (Å²) in [5.41, 5.74) is -0.979. The van der Waals surface area contributed by atoms with E-state index in [9.17, 15) is 22.8 Å². The Morgan fingerprint density at radius 1 is 1.45 bits per heavy atom. The number of amides is 2. The molecule has 2 unspecified atom stereocenters. The highest BCUT2D eigenvalue weighted by Crippen LogP contribution is 2.26. The summed E-state index contributed by atoms with van der Waals surface area (Å²) >= 11 is 0. The molecule has 126 valence electrons. The first-order valence-corrected chi connectivity index (χ1v) is 8.33. The number of carbonyl (C=O) groups is 3. The maximum atomic E-state index is 12.2. The van der Waals surface area contributed by atoms with Gasteiger partial charge in [0.25, 0.3) is 21.9 Å². The van der Waals surface area contributed by atoms with Gasteiger partial charge in [0.1, 0.15) is 0 Å². The van der Waals surface area contributed by atoms with Crippen molar-refractivity contribution in [3.8, 4) is 0 Å². The van der Waals surface area contributed by atoms with Gasteiger partial charge in [0.05, 0.1) is 11.8 Å². The lowest BCUT2D eigenvalue weighted by atomic mass is 9.88. The van der Waals surface area contributed by atoms with E-state index in [1.807, 2.05) is 6.92 Å². The van der Waals surface area contributed by atoms with Gasteiger partial charge in [-0.15, -0.1) is 5.06 Å². The Balaban J connectivity index is 2.88. The highest BCUT2D eigenvalue weighted by Gasteiger charge is 2.49. The molecule has 10 heteroatoms. The van der Waals surface area contributed by atoms with Crippen molar-refractivity contribution in [2.75, 3.05) is 13.1 Å². The molecule has 22 heavy (non-hydrogen) atoms. The molecule has 1 aliphatic heterocycles. The summed E-state index contributed by atoms with van der Waals surface area (Å²) in [5, 5.41) is 1.18. The summed E-state index contributed by atoms with van der Waals surface area (Å²) in [7, 11) is -4.72. The van der Waals surface area contributed by atoms with Gasteiger partial charge in [-0.05, 0) is 19.9 Å². The Morgan fingerprint density at radius 2 is 2.05 bits per heavy atom. The predicted octanol–water partition coefficient (Wildman–Crippen LogP) is -0.514. The minimum atomic E-state index is -4.72. The average molecular weight is 336 g/mol. The van der Waals surface area contributed by atoms with Gasteiger partial charge in [-0.3, -0.25) is 14.1 Å². The minimum Gasteiger partial charge on any atom is -0.330 e. The van der Waals surface area contributed by atoms with Gasteiger partial charge in [-0.25, -0.2) is 4.79 Å². The van der Waals surface area contributed by atoms with E-state index in [0.29, 0.717) is 13.0 Å². The fourth-order valence-electron chi connectivity index (χ4n) is 1.85. The summed E-state index contributed by atoms with van der Waals surface area (Å²) in [5.74, 6) is -3.07. The third kappa shape index (κ3) is 3.81. The third-order valence-electron chi connectivity index (χ3n) is 3.63. The van der Waals surface area contributed by atoms with Crippen molar-refractivity contribution in [3.05, 3.63) is 0 Å². The van der Waals surface area contributed by atoms with E-state index in [1.165, 1.54) is 0 Å². The minimum absolute atomic E-state index is 0.126.